The molecule has 0 fully saturated rings. The van der Waals surface area contributed by atoms with Crippen LogP contribution in [0.25, 0.3) is 22.5 Å². The van der Waals surface area contributed by atoms with Crippen molar-refractivity contribution >= 4 is 23.2 Å². The van der Waals surface area contributed by atoms with E-state index in [1.165, 1.54) is 17.7 Å². The second kappa shape index (κ2) is 10.2. The first-order chi connectivity index (χ1) is 17.5. The molecule has 36 heavy (non-hydrogen) atoms. The predicted octanol–water partition coefficient (Wildman–Crippen LogP) is 4.00. The Morgan fingerprint density at radius 2 is 1.83 bits per heavy atom. The lowest BCUT2D eigenvalue weighted by atomic mass is 9.98. The van der Waals surface area contributed by atoms with Gasteiger partial charge in [0.05, 0.1) is 6.54 Å². The molecule has 2 N–H and O–H groups in total. The van der Waals surface area contributed by atoms with E-state index in [9.17, 15) is 14.7 Å². The summed E-state index contributed by atoms with van der Waals surface area (Å²) in [6.07, 6.45) is 3.72. The van der Waals surface area contributed by atoms with Crippen LogP contribution < -0.4 is 4.80 Å². The number of hydrogen-bond acceptors (Lipinski definition) is 6. The Labute approximate surface area is 210 Å². The van der Waals surface area contributed by atoms with Gasteiger partial charge >= 0.3 is 5.97 Å². The van der Waals surface area contributed by atoms with E-state index < -0.39 is 11.9 Å². The highest BCUT2D eigenvalue weighted by molar-refractivity contribution is 7.08. The van der Waals surface area contributed by atoms with Gasteiger partial charge in [0.15, 0.2) is 5.82 Å². The molecule has 0 aliphatic heterocycles. The lowest BCUT2D eigenvalue weighted by Crippen LogP contribution is -2.20. The average molecular weight is 501 g/mol. The van der Waals surface area contributed by atoms with Gasteiger partial charge in [0.25, 0.3) is 5.91 Å². The van der Waals surface area contributed by atoms with Crippen LogP contribution in [0.15, 0.2) is 71.0 Å². The number of aromatic nitrogens is 5. The second-order valence-corrected chi connectivity index (χ2v) is 9.44. The summed E-state index contributed by atoms with van der Waals surface area (Å²) in [5, 5.41) is 21.8. The standard InChI is InChI=1S/C26H24N6O3S/c1-2-22-31-32(26(36-22)29-24(33)20-8-5-9-21(20)25(34)35)14-16-10-12-17(13-11-16)18-6-3-4-7-19(18)23-27-15-28-30-23/h3-4,6-7,10-13,15H,2,5,8-9,14H2,1H3,(H,34,35)(H,27,28,30). The van der Waals surface area contributed by atoms with Crippen LogP contribution >= 0.6 is 11.3 Å². The van der Waals surface area contributed by atoms with E-state index in [2.05, 4.69) is 25.3 Å². The molecule has 0 spiro atoms. The molecule has 0 atom stereocenters. The molecule has 5 rings (SSSR count). The SMILES string of the molecule is CCc1nn(Cc2ccc(-c3ccccc3-c3ncn[nH]3)cc2)c(=NC(=O)C2=C(C(=O)O)CCC2)s1. The van der Waals surface area contributed by atoms with Crippen LogP contribution in [-0.4, -0.2) is 41.9 Å². The Morgan fingerprint density at radius 3 is 2.53 bits per heavy atom. The number of nitrogens with zero attached hydrogens (tertiary/aromatic N) is 5. The maximum absolute atomic E-state index is 12.8. The molecule has 182 valence electrons. The number of hydrogen-bond donors (Lipinski definition) is 2. The van der Waals surface area contributed by atoms with Gasteiger partial charge in [-0.25, -0.2) is 14.5 Å². The zero-order valence-corrected chi connectivity index (χ0v) is 20.5. The number of rotatable bonds is 7. The fourth-order valence-corrected chi connectivity index (χ4v) is 5.13. The first-order valence-corrected chi connectivity index (χ1v) is 12.5. The molecule has 9 nitrogen and oxygen atoms in total. The van der Waals surface area contributed by atoms with Crippen molar-refractivity contribution < 1.29 is 14.7 Å². The summed E-state index contributed by atoms with van der Waals surface area (Å²) in [5.41, 5.74) is 4.52. The van der Waals surface area contributed by atoms with Crippen molar-refractivity contribution in [2.75, 3.05) is 0 Å². The lowest BCUT2D eigenvalue weighted by Gasteiger charge is -2.09. The van der Waals surface area contributed by atoms with E-state index >= 15 is 0 Å². The maximum atomic E-state index is 12.8. The molecule has 1 amide bonds. The predicted molar refractivity (Wildman–Crippen MR) is 135 cm³/mol. The van der Waals surface area contributed by atoms with Crippen molar-refractivity contribution in [1.82, 2.24) is 25.0 Å². The number of nitrogens with one attached hydrogen (secondary N) is 1. The van der Waals surface area contributed by atoms with Crippen LogP contribution in [0.4, 0.5) is 0 Å². The molecule has 0 saturated heterocycles. The Hall–Kier alpha value is -4.18. The number of amides is 1. The Kier molecular flexibility index (Phi) is 6.68. The maximum Gasteiger partial charge on any atom is 0.332 e. The highest BCUT2D eigenvalue weighted by Gasteiger charge is 2.25. The molecule has 1 aliphatic rings. The van der Waals surface area contributed by atoms with Crippen molar-refractivity contribution in [1.29, 1.82) is 0 Å². The van der Waals surface area contributed by atoms with E-state index in [0.717, 1.165) is 33.7 Å². The third kappa shape index (κ3) is 4.80. The van der Waals surface area contributed by atoms with Crippen LogP contribution in [0, 0.1) is 0 Å². The Bertz CT molecular complexity index is 1510. The van der Waals surface area contributed by atoms with Gasteiger partial charge in [-0.2, -0.15) is 15.2 Å². The van der Waals surface area contributed by atoms with Crippen LogP contribution in [0.3, 0.4) is 0 Å². The normalized spacial score (nSPS) is 14.0. The molecule has 2 heterocycles. The smallest absolute Gasteiger partial charge is 0.332 e. The number of carbonyl (C=O) groups excluding carboxylic acids is 1. The van der Waals surface area contributed by atoms with E-state index in [4.69, 9.17) is 0 Å². The van der Waals surface area contributed by atoms with Gasteiger partial charge in [-0.3, -0.25) is 9.89 Å². The van der Waals surface area contributed by atoms with Gasteiger partial charge < -0.3 is 5.11 Å². The minimum atomic E-state index is -1.04. The summed E-state index contributed by atoms with van der Waals surface area (Å²) in [4.78, 5) is 33.3. The zero-order chi connectivity index (χ0) is 25.1. The summed E-state index contributed by atoms with van der Waals surface area (Å²) in [6.45, 7) is 2.44. The van der Waals surface area contributed by atoms with Crippen molar-refractivity contribution in [3.05, 3.63) is 81.4 Å². The number of carbonyl (C=O) groups is 2. The fraction of sp³-hybridized carbons (Fsp3) is 0.231. The van der Waals surface area contributed by atoms with E-state index in [-0.39, 0.29) is 5.57 Å². The summed E-state index contributed by atoms with van der Waals surface area (Å²) >= 11 is 1.35. The monoisotopic (exact) mass is 500 g/mol. The summed E-state index contributed by atoms with van der Waals surface area (Å²) in [7, 11) is 0. The van der Waals surface area contributed by atoms with Crippen molar-refractivity contribution in [2.45, 2.75) is 39.2 Å². The molecule has 2 aromatic heterocycles. The van der Waals surface area contributed by atoms with Gasteiger partial charge in [0.1, 0.15) is 11.3 Å². The van der Waals surface area contributed by atoms with E-state index in [1.807, 2.05) is 55.5 Å². The number of benzene rings is 2. The van der Waals surface area contributed by atoms with E-state index in [0.29, 0.717) is 42.0 Å². The molecular weight excluding hydrogens is 476 g/mol. The van der Waals surface area contributed by atoms with Crippen LogP contribution in [0.1, 0.15) is 36.8 Å². The first-order valence-electron chi connectivity index (χ1n) is 11.7. The first kappa shape index (κ1) is 23.6. The molecule has 10 heteroatoms. The number of carboxylic acids is 1. The number of carboxylic acid groups (broad SMARTS) is 1. The minimum Gasteiger partial charge on any atom is -0.478 e. The van der Waals surface area contributed by atoms with E-state index in [1.54, 1.807) is 4.68 Å². The highest BCUT2D eigenvalue weighted by atomic mass is 32.1. The number of aromatic amines is 1. The van der Waals surface area contributed by atoms with Crippen molar-refractivity contribution in [3.63, 3.8) is 0 Å². The molecule has 0 unspecified atom stereocenters. The zero-order valence-electron chi connectivity index (χ0n) is 19.6. The van der Waals surface area contributed by atoms with Crippen LogP contribution in [0.2, 0.25) is 0 Å². The molecule has 0 bridgehead atoms. The molecule has 0 saturated carbocycles. The molecule has 4 aromatic rings. The van der Waals surface area contributed by atoms with Gasteiger partial charge in [0.2, 0.25) is 4.80 Å². The Morgan fingerprint density at radius 1 is 1.08 bits per heavy atom. The molecular formula is C26H24N6O3S. The van der Waals surface area contributed by atoms with Gasteiger partial charge in [0, 0.05) is 16.7 Å². The molecule has 2 aromatic carbocycles. The molecule has 1 aliphatic carbocycles. The number of aryl methyl sites for hydroxylation is 1. The molecule has 0 radical (unpaired) electrons. The topological polar surface area (TPSA) is 126 Å². The third-order valence-electron chi connectivity index (χ3n) is 6.09. The number of H-pyrrole nitrogens is 1. The summed E-state index contributed by atoms with van der Waals surface area (Å²) < 4.78 is 1.72. The summed E-state index contributed by atoms with van der Waals surface area (Å²) in [5.74, 6) is -0.814. The van der Waals surface area contributed by atoms with Crippen LogP contribution in [0.5, 0.6) is 0 Å². The average Bonchev–Trinajstić information content (AvgIpc) is 3.66. The highest BCUT2D eigenvalue weighted by Crippen LogP contribution is 2.30. The minimum absolute atomic E-state index is 0.178. The van der Waals surface area contributed by atoms with Crippen molar-refractivity contribution in [2.24, 2.45) is 4.99 Å². The van der Waals surface area contributed by atoms with Gasteiger partial charge in [-0.1, -0.05) is 66.8 Å². The number of aliphatic carboxylic acids is 1. The lowest BCUT2D eigenvalue weighted by molar-refractivity contribution is -0.133. The fourth-order valence-electron chi connectivity index (χ4n) is 4.29. The quantitative estimate of drug-likeness (QED) is 0.395. The van der Waals surface area contributed by atoms with Gasteiger partial charge in [-0.05, 0) is 42.4 Å². The third-order valence-corrected chi connectivity index (χ3v) is 7.18. The largest absolute Gasteiger partial charge is 0.478 e. The van der Waals surface area contributed by atoms with Gasteiger partial charge in [-0.15, -0.1) is 0 Å². The Balaban J connectivity index is 1.43. The van der Waals surface area contributed by atoms with Crippen molar-refractivity contribution in [3.8, 4) is 22.5 Å². The van der Waals surface area contributed by atoms with Crippen LogP contribution in [-0.2, 0) is 22.6 Å². The second-order valence-electron chi connectivity index (χ2n) is 8.40. The summed E-state index contributed by atoms with van der Waals surface area (Å²) in [6, 6.07) is 16.1.